The lowest BCUT2D eigenvalue weighted by molar-refractivity contribution is -0.0328. The van der Waals surface area contributed by atoms with E-state index in [-0.39, 0.29) is 16.7 Å². The Bertz CT molecular complexity index is 617. The molecule has 0 aliphatic carbocycles. The Morgan fingerprint density at radius 3 is 2.33 bits per heavy atom. The Morgan fingerprint density at radius 2 is 1.76 bits per heavy atom. The average molecular weight is 444 g/mol. The van der Waals surface area contributed by atoms with Gasteiger partial charge < -0.3 is 5.32 Å². The topological polar surface area (TPSA) is 12.0 Å². The first kappa shape index (κ1) is 16.8. The van der Waals surface area contributed by atoms with Crippen LogP contribution >= 0.6 is 46.0 Å². The van der Waals surface area contributed by atoms with E-state index in [1.54, 1.807) is 18.2 Å². The van der Waals surface area contributed by atoms with Crippen LogP contribution in [0.5, 0.6) is 0 Å². The van der Waals surface area contributed by atoms with Crippen LogP contribution < -0.4 is 5.32 Å². The first-order valence-electron chi connectivity index (χ1n) is 5.87. The van der Waals surface area contributed by atoms with Gasteiger partial charge in [-0.05, 0) is 70.2 Å². The molecule has 0 aliphatic heterocycles. The zero-order chi connectivity index (χ0) is 15.5. The van der Waals surface area contributed by atoms with Crippen LogP contribution in [-0.2, 0) is 6.54 Å². The third-order valence-corrected chi connectivity index (χ3v) is 4.44. The van der Waals surface area contributed by atoms with Crippen molar-refractivity contribution in [2.24, 2.45) is 0 Å². The van der Waals surface area contributed by atoms with Gasteiger partial charge in [-0.2, -0.15) is 13.2 Å². The Balaban J connectivity index is 1.97. The number of hydrogen-bond acceptors (Lipinski definition) is 2. The molecule has 0 fully saturated rings. The van der Waals surface area contributed by atoms with Crippen LogP contribution in [0.15, 0.2) is 47.4 Å². The van der Waals surface area contributed by atoms with Crippen molar-refractivity contribution in [3.63, 3.8) is 0 Å². The highest BCUT2D eigenvalue weighted by Gasteiger charge is 2.28. The molecule has 0 bridgehead atoms. The highest BCUT2D eigenvalue weighted by atomic mass is 127. The Labute approximate surface area is 143 Å². The van der Waals surface area contributed by atoms with Gasteiger partial charge in [-0.25, -0.2) is 0 Å². The molecule has 0 amide bonds. The number of rotatable bonds is 4. The fraction of sp³-hybridized carbons (Fsp3) is 0.143. The highest BCUT2D eigenvalue weighted by molar-refractivity contribution is 14.1. The third kappa shape index (κ3) is 5.60. The van der Waals surface area contributed by atoms with Crippen molar-refractivity contribution in [1.29, 1.82) is 0 Å². The van der Waals surface area contributed by atoms with Crippen LogP contribution in [0.4, 0.5) is 18.9 Å². The first-order chi connectivity index (χ1) is 9.83. The fourth-order valence-corrected chi connectivity index (χ4v) is 3.24. The quantitative estimate of drug-likeness (QED) is 0.448. The van der Waals surface area contributed by atoms with Gasteiger partial charge in [0, 0.05) is 25.7 Å². The molecule has 0 saturated heterocycles. The summed E-state index contributed by atoms with van der Waals surface area (Å²) in [6.07, 6.45) is 0. The maximum absolute atomic E-state index is 12.2. The van der Waals surface area contributed by atoms with Crippen molar-refractivity contribution < 1.29 is 13.2 Å². The molecule has 7 heteroatoms. The average Bonchev–Trinajstić information content (AvgIpc) is 2.38. The number of hydrogen-bond donors (Lipinski definition) is 1. The Kier molecular flexibility index (Phi) is 5.67. The first-order valence-corrected chi connectivity index (χ1v) is 8.14. The molecule has 0 aromatic heterocycles. The van der Waals surface area contributed by atoms with Crippen molar-refractivity contribution in [2.45, 2.75) is 16.9 Å². The molecule has 21 heavy (non-hydrogen) atoms. The van der Waals surface area contributed by atoms with Crippen molar-refractivity contribution in [1.82, 2.24) is 0 Å². The van der Waals surface area contributed by atoms with Gasteiger partial charge in [0.15, 0.2) is 0 Å². The minimum Gasteiger partial charge on any atom is -0.380 e. The predicted octanol–water partition coefficient (Wildman–Crippen LogP) is 6.17. The van der Waals surface area contributed by atoms with Crippen molar-refractivity contribution in [3.05, 3.63) is 56.6 Å². The summed E-state index contributed by atoms with van der Waals surface area (Å²) in [5, 5.41) is 3.89. The second-order valence-corrected chi connectivity index (χ2v) is 6.91. The lowest BCUT2D eigenvalue weighted by atomic mass is 10.2. The van der Waals surface area contributed by atoms with E-state index in [4.69, 9.17) is 11.6 Å². The summed E-state index contributed by atoms with van der Waals surface area (Å²) >= 11 is 7.94. The van der Waals surface area contributed by atoms with E-state index in [1.165, 1.54) is 12.1 Å². The lowest BCUT2D eigenvalue weighted by Gasteiger charge is -2.10. The number of nitrogens with one attached hydrogen (secondary N) is 1. The van der Waals surface area contributed by atoms with Crippen molar-refractivity contribution in [2.75, 3.05) is 5.32 Å². The van der Waals surface area contributed by atoms with Gasteiger partial charge in [-0.3, -0.25) is 0 Å². The monoisotopic (exact) mass is 443 g/mol. The van der Waals surface area contributed by atoms with Gasteiger partial charge in [0.05, 0.1) is 0 Å². The minimum absolute atomic E-state index is 0.108. The number of anilines is 1. The van der Waals surface area contributed by atoms with Gasteiger partial charge >= 0.3 is 5.51 Å². The second kappa shape index (κ2) is 7.11. The summed E-state index contributed by atoms with van der Waals surface area (Å²) in [7, 11) is 0. The summed E-state index contributed by atoms with van der Waals surface area (Å²) in [6.45, 7) is 0.536. The minimum atomic E-state index is -4.25. The molecule has 2 aromatic carbocycles. The van der Waals surface area contributed by atoms with Gasteiger partial charge in [0.1, 0.15) is 0 Å². The normalized spacial score (nSPS) is 11.5. The molecule has 0 heterocycles. The molecular weight excluding hydrogens is 434 g/mol. The van der Waals surface area contributed by atoms with E-state index >= 15 is 0 Å². The molecule has 0 atom stereocenters. The van der Waals surface area contributed by atoms with Crippen LogP contribution in [0.25, 0.3) is 0 Å². The summed E-state index contributed by atoms with van der Waals surface area (Å²) in [6, 6.07) is 11.8. The largest absolute Gasteiger partial charge is 0.446 e. The maximum atomic E-state index is 12.2. The summed E-state index contributed by atoms with van der Waals surface area (Å²) < 4.78 is 37.7. The van der Waals surface area contributed by atoms with E-state index in [9.17, 15) is 13.2 Å². The second-order valence-electron chi connectivity index (χ2n) is 4.17. The van der Waals surface area contributed by atoms with Gasteiger partial charge in [0.25, 0.3) is 0 Å². The Hall–Kier alpha value is -0.600. The molecule has 1 nitrogen and oxygen atoms in total. The zero-order valence-corrected chi connectivity index (χ0v) is 14.3. The highest BCUT2D eigenvalue weighted by Crippen LogP contribution is 2.36. The SMILES string of the molecule is FC(F)(F)Sc1ccc(CNc2ccc(Cl)cc2I)cc1. The molecule has 0 radical (unpaired) electrons. The van der Waals surface area contributed by atoms with E-state index < -0.39 is 5.51 Å². The van der Waals surface area contributed by atoms with E-state index in [0.29, 0.717) is 11.6 Å². The van der Waals surface area contributed by atoms with Crippen molar-refractivity contribution in [3.8, 4) is 0 Å². The standard InChI is InChI=1S/C14H10ClF3INS/c15-10-3-6-13(12(19)7-10)20-8-9-1-4-11(5-2-9)21-14(16,17)18/h1-7,20H,8H2. The number of thioether (sulfide) groups is 1. The zero-order valence-electron chi connectivity index (χ0n) is 10.5. The van der Waals surface area contributed by atoms with Crippen molar-refractivity contribution >= 4 is 51.6 Å². The Morgan fingerprint density at radius 1 is 1.10 bits per heavy atom. The molecular formula is C14H10ClF3INS. The molecule has 2 aromatic rings. The van der Waals surface area contributed by atoms with E-state index in [0.717, 1.165) is 14.8 Å². The summed E-state index contributed by atoms with van der Waals surface area (Å²) in [5.74, 6) is 0. The van der Waals surface area contributed by atoms with Crippen LogP contribution in [0, 0.1) is 3.57 Å². The lowest BCUT2D eigenvalue weighted by Crippen LogP contribution is -2.01. The summed E-state index contributed by atoms with van der Waals surface area (Å²) in [5.41, 5.74) is -2.40. The number of halogens is 5. The van der Waals surface area contributed by atoms with E-state index in [2.05, 4.69) is 27.9 Å². The molecule has 112 valence electrons. The fourth-order valence-electron chi connectivity index (χ4n) is 1.64. The molecule has 2 rings (SSSR count). The number of alkyl halides is 3. The van der Waals surface area contributed by atoms with Gasteiger partial charge in [-0.15, -0.1) is 0 Å². The van der Waals surface area contributed by atoms with Crippen LogP contribution in [0.1, 0.15) is 5.56 Å². The van der Waals surface area contributed by atoms with Crippen LogP contribution in [-0.4, -0.2) is 5.51 Å². The van der Waals surface area contributed by atoms with E-state index in [1.807, 2.05) is 12.1 Å². The third-order valence-electron chi connectivity index (χ3n) is 2.57. The molecule has 0 aliphatic rings. The van der Waals surface area contributed by atoms with Crippen LogP contribution in [0.3, 0.4) is 0 Å². The molecule has 0 spiro atoms. The maximum Gasteiger partial charge on any atom is 0.446 e. The van der Waals surface area contributed by atoms with Crippen LogP contribution in [0.2, 0.25) is 5.02 Å². The molecule has 0 unspecified atom stereocenters. The van der Waals surface area contributed by atoms with Gasteiger partial charge in [0.2, 0.25) is 0 Å². The predicted molar refractivity (Wildman–Crippen MR) is 89.8 cm³/mol. The number of benzene rings is 2. The summed E-state index contributed by atoms with van der Waals surface area (Å²) in [4.78, 5) is 0.187. The molecule has 1 N–H and O–H groups in total. The van der Waals surface area contributed by atoms with Gasteiger partial charge in [-0.1, -0.05) is 23.7 Å². The molecule has 0 saturated carbocycles. The smallest absolute Gasteiger partial charge is 0.380 e.